The van der Waals surface area contributed by atoms with Gasteiger partial charge >= 0.3 is 0 Å². The van der Waals surface area contributed by atoms with Gasteiger partial charge in [-0.3, -0.25) is 0 Å². The number of benzene rings is 2. The van der Waals surface area contributed by atoms with Gasteiger partial charge in [-0.25, -0.2) is 8.78 Å². The predicted molar refractivity (Wildman–Crippen MR) is 71.0 cm³/mol. The van der Waals surface area contributed by atoms with Crippen LogP contribution in [0.25, 0.3) is 0 Å². The second-order valence-electron chi connectivity index (χ2n) is 4.30. The first-order valence-corrected chi connectivity index (χ1v) is 6.07. The lowest BCUT2D eigenvalue weighted by molar-refractivity contribution is 0.307. The molecule has 0 aliphatic heterocycles. The lowest BCUT2D eigenvalue weighted by atomic mass is 10.1. The average Bonchev–Trinajstić information content (AvgIpc) is 2.36. The summed E-state index contributed by atoms with van der Waals surface area (Å²) in [5.41, 5.74) is 7.48. The topological polar surface area (TPSA) is 35.2 Å². The molecule has 0 saturated heterocycles. The van der Waals surface area contributed by atoms with E-state index in [2.05, 4.69) is 0 Å². The number of nitrogen functional groups attached to an aromatic ring is 1. The highest BCUT2D eigenvalue weighted by molar-refractivity contribution is 5.39. The first kappa shape index (κ1) is 13.3. The fourth-order valence-corrected chi connectivity index (χ4v) is 1.76. The van der Waals surface area contributed by atoms with Gasteiger partial charge in [0, 0.05) is 23.9 Å². The van der Waals surface area contributed by atoms with Gasteiger partial charge in [-0.15, -0.1) is 0 Å². The third-order valence-electron chi connectivity index (χ3n) is 2.69. The number of aryl methyl sites for hydroxylation is 1. The molecule has 0 radical (unpaired) electrons. The number of hydrogen-bond acceptors (Lipinski definition) is 2. The van der Waals surface area contributed by atoms with Crippen LogP contribution in [0.4, 0.5) is 14.5 Å². The Morgan fingerprint density at radius 1 is 0.947 bits per heavy atom. The minimum atomic E-state index is -0.631. The lowest BCUT2D eigenvalue weighted by Gasteiger charge is -2.06. The number of nitrogens with two attached hydrogens (primary N) is 1. The van der Waals surface area contributed by atoms with Crippen molar-refractivity contribution in [2.45, 2.75) is 12.8 Å². The molecule has 0 amide bonds. The van der Waals surface area contributed by atoms with Crippen LogP contribution in [0.15, 0.2) is 42.5 Å². The van der Waals surface area contributed by atoms with E-state index < -0.39 is 11.6 Å². The molecule has 2 rings (SSSR count). The molecule has 2 N–H and O–H groups in total. The number of anilines is 1. The first-order chi connectivity index (χ1) is 9.13. The van der Waals surface area contributed by atoms with Crippen LogP contribution in [0.2, 0.25) is 0 Å². The summed E-state index contributed by atoms with van der Waals surface area (Å²) in [5.74, 6) is -1.04. The quantitative estimate of drug-likeness (QED) is 0.661. The van der Waals surface area contributed by atoms with Crippen LogP contribution in [0.5, 0.6) is 5.75 Å². The van der Waals surface area contributed by atoms with Crippen LogP contribution in [0, 0.1) is 11.6 Å². The van der Waals surface area contributed by atoms with E-state index in [1.165, 1.54) is 12.1 Å². The maximum absolute atomic E-state index is 12.9. The molecule has 0 heterocycles. The molecular weight excluding hydrogens is 248 g/mol. The van der Waals surface area contributed by atoms with Gasteiger partial charge in [0.05, 0.1) is 6.61 Å². The van der Waals surface area contributed by atoms with Crippen molar-refractivity contribution >= 4 is 5.69 Å². The van der Waals surface area contributed by atoms with E-state index in [0.717, 1.165) is 30.2 Å². The monoisotopic (exact) mass is 263 g/mol. The number of rotatable bonds is 5. The van der Waals surface area contributed by atoms with Crippen molar-refractivity contribution in [1.29, 1.82) is 0 Å². The molecule has 0 bridgehead atoms. The first-order valence-electron chi connectivity index (χ1n) is 6.07. The summed E-state index contributed by atoms with van der Waals surface area (Å²) in [7, 11) is 0. The van der Waals surface area contributed by atoms with Crippen molar-refractivity contribution in [3.63, 3.8) is 0 Å². The molecule has 0 saturated carbocycles. The molecule has 2 nitrogen and oxygen atoms in total. The van der Waals surface area contributed by atoms with Crippen LogP contribution in [-0.4, -0.2) is 6.61 Å². The summed E-state index contributed by atoms with van der Waals surface area (Å²) in [5, 5.41) is 0. The molecule has 4 heteroatoms. The van der Waals surface area contributed by atoms with Gasteiger partial charge in [-0.1, -0.05) is 12.1 Å². The molecule has 2 aromatic rings. The van der Waals surface area contributed by atoms with Gasteiger partial charge in [-0.2, -0.15) is 0 Å². The third kappa shape index (κ3) is 4.25. The van der Waals surface area contributed by atoms with E-state index in [-0.39, 0.29) is 5.75 Å². The number of halogens is 2. The lowest BCUT2D eigenvalue weighted by Crippen LogP contribution is -2.00. The van der Waals surface area contributed by atoms with Gasteiger partial charge in [0.25, 0.3) is 0 Å². The minimum Gasteiger partial charge on any atom is -0.493 e. The fourth-order valence-electron chi connectivity index (χ4n) is 1.76. The summed E-state index contributed by atoms with van der Waals surface area (Å²) in [6, 6.07) is 10.8. The minimum absolute atomic E-state index is 0.217. The molecule has 0 aliphatic carbocycles. The Hall–Kier alpha value is -2.10. The molecule has 100 valence electrons. The summed E-state index contributed by atoms with van der Waals surface area (Å²) in [4.78, 5) is 0. The molecule has 0 spiro atoms. The van der Waals surface area contributed by atoms with Gasteiger partial charge in [0.1, 0.15) is 17.4 Å². The maximum atomic E-state index is 12.9. The van der Waals surface area contributed by atoms with Crippen molar-refractivity contribution in [2.75, 3.05) is 12.3 Å². The van der Waals surface area contributed by atoms with E-state index in [0.29, 0.717) is 6.61 Å². The van der Waals surface area contributed by atoms with Crippen LogP contribution in [0.1, 0.15) is 12.0 Å². The zero-order valence-electron chi connectivity index (χ0n) is 10.4. The largest absolute Gasteiger partial charge is 0.493 e. The van der Waals surface area contributed by atoms with Crippen LogP contribution >= 0.6 is 0 Å². The van der Waals surface area contributed by atoms with E-state index >= 15 is 0 Å². The Labute approximate surface area is 110 Å². The zero-order chi connectivity index (χ0) is 13.7. The van der Waals surface area contributed by atoms with Crippen LogP contribution in [0.3, 0.4) is 0 Å². The highest BCUT2D eigenvalue weighted by atomic mass is 19.1. The maximum Gasteiger partial charge on any atom is 0.129 e. The molecular formula is C15H15F2NO. The summed E-state index contributed by atoms with van der Waals surface area (Å²) in [6.45, 7) is 0.410. The van der Waals surface area contributed by atoms with E-state index in [4.69, 9.17) is 10.5 Å². The average molecular weight is 263 g/mol. The van der Waals surface area contributed by atoms with E-state index in [1.54, 1.807) is 0 Å². The van der Waals surface area contributed by atoms with Crippen LogP contribution < -0.4 is 10.5 Å². The summed E-state index contributed by atoms with van der Waals surface area (Å²) in [6.07, 6.45) is 1.60. The Balaban J connectivity index is 1.79. The van der Waals surface area contributed by atoms with Gasteiger partial charge < -0.3 is 10.5 Å². The number of hydrogen-bond donors (Lipinski definition) is 1. The van der Waals surface area contributed by atoms with E-state index in [9.17, 15) is 8.78 Å². The fraction of sp³-hybridized carbons (Fsp3) is 0.200. The van der Waals surface area contributed by atoms with E-state index in [1.807, 2.05) is 24.3 Å². The second kappa shape index (κ2) is 6.18. The number of ether oxygens (including phenoxy) is 1. The Morgan fingerprint density at radius 2 is 1.58 bits per heavy atom. The molecule has 0 atom stereocenters. The van der Waals surface area contributed by atoms with Gasteiger partial charge in [0.2, 0.25) is 0 Å². The smallest absolute Gasteiger partial charge is 0.129 e. The Kier molecular flexibility index (Phi) is 4.34. The van der Waals surface area contributed by atoms with Crippen molar-refractivity contribution in [2.24, 2.45) is 0 Å². The molecule has 2 aromatic carbocycles. The second-order valence-corrected chi connectivity index (χ2v) is 4.30. The molecule has 0 aliphatic rings. The standard InChI is InChI=1S/C15H15F2NO/c16-12-8-13(17)10-15(9-12)19-7-1-2-11-3-5-14(18)6-4-11/h3-6,8-10H,1-2,7,18H2. The molecule has 0 unspecified atom stereocenters. The highest BCUT2D eigenvalue weighted by Gasteiger charge is 2.01. The Morgan fingerprint density at radius 3 is 2.21 bits per heavy atom. The van der Waals surface area contributed by atoms with Gasteiger partial charge in [0.15, 0.2) is 0 Å². The third-order valence-corrected chi connectivity index (χ3v) is 2.69. The Bertz CT molecular complexity index is 520. The zero-order valence-corrected chi connectivity index (χ0v) is 10.4. The normalized spacial score (nSPS) is 10.4. The summed E-state index contributed by atoms with van der Waals surface area (Å²) >= 11 is 0. The van der Waals surface area contributed by atoms with Crippen LogP contribution in [-0.2, 0) is 6.42 Å². The highest BCUT2D eigenvalue weighted by Crippen LogP contribution is 2.16. The SMILES string of the molecule is Nc1ccc(CCCOc2cc(F)cc(F)c2)cc1. The molecule has 0 fully saturated rings. The molecule has 19 heavy (non-hydrogen) atoms. The van der Waals surface area contributed by atoms with Gasteiger partial charge in [-0.05, 0) is 30.5 Å². The van der Waals surface area contributed by atoms with Crippen molar-refractivity contribution < 1.29 is 13.5 Å². The van der Waals surface area contributed by atoms with Crippen molar-refractivity contribution in [3.05, 3.63) is 59.7 Å². The molecule has 0 aromatic heterocycles. The predicted octanol–water partition coefficient (Wildman–Crippen LogP) is 3.56. The summed E-state index contributed by atoms with van der Waals surface area (Å²) < 4.78 is 31.1. The van der Waals surface area contributed by atoms with Crippen molar-refractivity contribution in [3.8, 4) is 5.75 Å². The van der Waals surface area contributed by atoms with Crippen molar-refractivity contribution in [1.82, 2.24) is 0 Å².